The van der Waals surface area contributed by atoms with Crippen molar-refractivity contribution >= 4 is 21.6 Å². The Kier molecular flexibility index (Phi) is 6.40. The molecule has 1 atom stereocenters. The van der Waals surface area contributed by atoms with Gasteiger partial charge in [-0.3, -0.25) is 9.10 Å². The molecule has 8 nitrogen and oxygen atoms in total. The maximum absolute atomic E-state index is 14.3. The van der Waals surface area contributed by atoms with Crippen molar-refractivity contribution in [3.8, 4) is 11.4 Å². The molecule has 0 aliphatic heterocycles. The maximum Gasteiger partial charge on any atom is 0.246 e. The average molecular weight is 447 g/mol. The topological polar surface area (TPSA) is 96.6 Å². The van der Waals surface area contributed by atoms with Crippen LogP contribution in [0.25, 0.3) is 11.4 Å². The lowest BCUT2D eigenvalue weighted by Crippen LogP contribution is -2.48. The predicted octanol–water partition coefficient (Wildman–Crippen LogP) is 3.00. The summed E-state index contributed by atoms with van der Waals surface area (Å²) in [5, 5.41) is 3.93. The Hall–Kier alpha value is -3.27. The molecule has 0 N–H and O–H groups in total. The molecule has 0 spiro atoms. The third kappa shape index (κ3) is 5.08. The molecule has 1 amide bonds. The quantitative estimate of drug-likeness (QED) is 0.554. The molecule has 2 aromatic carbocycles. The third-order valence-corrected chi connectivity index (χ3v) is 5.91. The van der Waals surface area contributed by atoms with Crippen molar-refractivity contribution in [2.24, 2.45) is 0 Å². The predicted molar refractivity (Wildman–Crippen MR) is 114 cm³/mol. The second kappa shape index (κ2) is 8.84. The number of likely N-dealkylation sites (N-methyl/N-ethyl adjacent to an activating group) is 1. The second-order valence-electron chi connectivity index (χ2n) is 7.26. The number of sulfonamides is 1. The van der Waals surface area contributed by atoms with Crippen molar-refractivity contribution in [3.05, 3.63) is 65.8 Å². The summed E-state index contributed by atoms with van der Waals surface area (Å²) < 4.78 is 45.0. The fourth-order valence-electron chi connectivity index (χ4n) is 3.14. The highest BCUT2D eigenvalue weighted by Crippen LogP contribution is 2.25. The lowest BCUT2D eigenvalue weighted by Gasteiger charge is -2.30. The minimum absolute atomic E-state index is 0.0308. The van der Waals surface area contributed by atoms with Crippen LogP contribution in [-0.4, -0.2) is 48.7 Å². The summed E-state index contributed by atoms with van der Waals surface area (Å²) in [5.74, 6) is -0.720. The third-order valence-electron chi connectivity index (χ3n) is 4.68. The van der Waals surface area contributed by atoms with Gasteiger partial charge >= 0.3 is 0 Å². The van der Waals surface area contributed by atoms with E-state index in [1.54, 1.807) is 0 Å². The first-order valence-electron chi connectivity index (χ1n) is 9.46. The summed E-state index contributed by atoms with van der Waals surface area (Å²) in [7, 11) is -2.45. The molecule has 1 heterocycles. The van der Waals surface area contributed by atoms with Crippen LogP contribution in [0.3, 0.4) is 0 Å². The van der Waals surface area contributed by atoms with E-state index in [-0.39, 0.29) is 18.1 Å². The highest BCUT2D eigenvalue weighted by Gasteiger charge is 2.33. The fourth-order valence-corrected chi connectivity index (χ4v) is 4.31. The molecule has 0 aliphatic rings. The maximum atomic E-state index is 14.3. The number of aromatic nitrogens is 2. The number of carbonyl (C=O) groups excluding carboxylic acids is 1. The smallest absolute Gasteiger partial charge is 0.246 e. The van der Waals surface area contributed by atoms with Crippen LogP contribution in [0.2, 0.25) is 0 Å². The lowest BCUT2D eigenvalue weighted by molar-refractivity contribution is -0.131. The summed E-state index contributed by atoms with van der Waals surface area (Å²) in [6.07, 6.45) is 0.926. The number of aryl methyl sites for hydroxylation is 1. The van der Waals surface area contributed by atoms with Crippen molar-refractivity contribution in [2.45, 2.75) is 26.4 Å². The number of amides is 1. The monoisotopic (exact) mass is 446 g/mol. The molecule has 0 bridgehead atoms. The van der Waals surface area contributed by atoms with E-state index >= 15 is 0 Å². The minimum Gasteiger partial charge on any atom is -0.337 e. The SMILES string of the molecule is Cc1ccc(-c2noc(CN(C)C(=O)[C@@H](C)N(c3ccccc3F)S(C)(=O)=O)n2)cc1. The molecule has 1 aromatic heterocycles. The zero-order chi connectivity index (χ0) is 22.8. The Morgan fingerprint density at radius 1 is 1.16 bits per heavy atom. The molecule has 0 aliphatic carbocycles. The second-order valence-corrected chi connectivity index (χ2v) is 9.12. The number of rotatable bonds is 7. The number of para-hydroxylation sites is 1. The van der Waals surface area contributed by atoms with E-state index in [2.05, 4.69) is 10.1 Å². The number of anilines is 1. The van der Waals surface area contributed by atoms with Crippen molar-refractivity contribution in [1.82, 2.24) is 15.0 Å². The summed E-state index contributed by atoms with van der Waals surface area (Å²) in [6, 6.07) is 11.8. The summed E-state index contributed by atoms with van der Waals surface area (Å²) in [4.78, 5) is 18.5. The van der Waals surface area contributed by atoms with Gasteiger partial charge < -0.3 is 9.42 Å². The Balaban J connectivity index is 1.78. The van der Waals surface area contributed by atoms with Gasteiger partial charge in [0, 0.05) is 12.6 Å². The van der Waals surface area contributed by atoms with E-state index < -0.39 is 27.8 Å². The van der Waals surface area contributed by atoms with Crippen LogP contribution in [-0.2, 0) is 21.4 Å². The fraction of sp³-hybridized carbons (Fsp3) is 0.286. The number of carbonyl (C=O) groups is 1. The van der Waals surface area contributed by atoms with E-state index in [1.807, 2.05) is 31.2 Å². The number of benzene rings is 2. The molecule has 3 aromatic rings. The van der Waals surface area contributed by atoms with Gasteiger partial charge in [0.05, 0.1) is 18.5 Å². The normalized spacial score (nSPS) is 12.4. The van der Waals surface area contributed by atoms with E-state index in [0.717, 1.165) is 27.8 Å². The van der Waals surface area contributed by atoms with Gasteiger partial charge in [0.15, 0.2) is 0 Å². The Labute approximate surface area is 180 Å². The number of halogens is 1. The average Bonchev–Trinajstić information content (AvgIpc) is 3.17. The lowest BCUT2D eigenvalue weighted by atomic mass is 10.1. The van der Waals surface area contributed by atoms with Crippen LogP contribution >= 0.6 is 0 Å². The van der Waals surface area contributed by atoms with Crippen LogP contribution in [0.5, 0.6) is 0 Å². The molecule has 164 valence electrons. The molecule has 0 saturated heterocycles. The Morgan fingerprint density at radius 2 is 1.81 bits per heavy atom. The van der Waals surface area contributed by atoms with Crippen molar-refractivity contribution in [1.29, 1.82) is 0 Å². The summed E-state index contributed by atoms with van der Waals surface area (Å²) in [5.41, 5.74) is 1.67. The van der Waals surface area contributed by atoms with Crippen molar-refractivity contribution in [2.75, 3.05) is 17.6 Å². The van der Waals surface area contributed by atoms with Gasteiger partial charge in [-0.05, 0) is 26.0 Å². The van der Waals surface area contributed by atoms with E-state index in [9.17, 15) is 17.6 Å². The first-order chi connectivity index (χ1) is 14.6. The molecule has 10 heteroatoms. The van der Waals surface area contributed by atoms with Crippen LogP contribution in [0.15, 0.2) is 53.1 Å². The van der Waals surface area contributed by atoms with Gasteiger partial charge in [0.25, 0.3) is 0 Å². The van der Waals surface area contributed by atoms with Crippen LogP contribution in [0, 0.1) is 12.7 Å². The van der Waals surface area contributed by atoms with Crippen molar-refractivity contribution in [3.63, 3.8) is 0 Å². The molecule has 0 unspecified atom stereocenters. The molecular weight excluding hydrogens is 423 g/mol. The van der Waals surface area contributed by atoms with Crippen LogP contribution in [0.4, 0.5) is 10.1 Å². The van der Waals surface area contributed by atoms with E-state index in [1.165, 1.54) is 37.1 Å². The first-order valence-corrected chi connectivity index (χ1v) is 11.3. The van der Waals surface area contributed by atoms with Gasteiger partial charge in [-0.15, -0.1) is 0 Å². The molecule has 3 rings (SSSR count). The highest BCUT2D eigenvalue weighted by molar-refractivity contribution is 7.92. The van der Waals surface area contributed by atoms with Crippen LogP contribution < -0.4 is 4.31 Å². The minimum atomic E-state index is -3.93. The van der Waals surface area contributed by atoms with Gasteiger partial charge in [-0.1, -0.05) is 47.1 Å². The van der Waals surface area contributed by atoms with E-state index in [4.69, 9.17) is 4.52 Å². The largest absolute Gasteiger partial charge is 0.337 e. The van der Waals surface area contributed by atoms with Gasteiger partial charge in [0.2, 0.25) is 27.6 Å². The Bertz CT molecular complexity index is 1180. The van der Waals surface area contributed by atoms with Gasteiger partial charge in [0.1, 0.15) is 11.9 Å². The zero-order valence-electron chi connectivity index (χ0n) is 17.6. The number of hydrogen-bond acceptors (Lipinski definition) is 6. The number of hydrogen-bond donors (Lipinski definition) is 0. The van der Waals surface area contributed by atoms with Gasteiger partial charge in [-0.25, -0.2) is 12.8 Å². The Morgan fingerprint density at radius 3 is 2.42 bits per heavy atom. The molecular formula is C21H23FN4O4S. The number of nitrogens with zero attached hydrogens (tertiary/aromatic N) is 4. The van der Waals surface area contributed by atoms with Crippen LogP contribution in [0.1, 0.15) is 18.4 Å². The highest BCUT2D eigenvalue weighted by atomic mass is 32.2. The molecule has 0 fully saturated rings. The summed E-state index contributed by atoms with van der Waals surface area (Å²) in [6.45, 7) is 3.34. The zero-order valence-corrected chi connectivity index (χ0v) is 18.4. The molecule has 0 saturated carbocycles. The van der Waals surface area contributed by atoms with Gasteiger partial charge in [-0.2, -0.15) is 4.98 Å². The van der Waals surface area contributed by atoms with E-state index in [0.29, 0.717) is 5.82 Å². The standard InChI is InChI=1S/C21H23FN4O4S/c1-14-9-11-16(12-10-14)20-23-19(30-24-20)13-25(3)21(27)15(2)26(31(4,28)29)18-8-6-5-7-17(18)22/h5-12,15H,13H2,1-4H3/t15-/m1/s1. The van der Waals surface area contributed by atoms with Crippen molar-refractivity contribution < 1.29 is 22.1 Å². The first kappa shape index (κ1) is 22.4. The molecule has 0 radical (unpaired) electrons. The molecule has 31 heavy (non-hydrogen) atoms. The summed E-state index contributed by atoms with van der Waals surface area (Å²) >= 11 is 0.